The number of rotatable bonds is 15. The van der Waals surface area contributed by atoms with Gasteiger partial charge in [0.15, 0.2) is 11.6 Å². The number of nitrogens with zero attached hydrogens (tertiary/aromatic N) is 2. The number of aliphatic hydroxyl groups is 1. The molecule has 1 heterocycles. The molecule has 1 aliphatic rings. The first-order valence-corrected chi connectivity index (χ1v) is 15.0. The summed E-state index contributed by atoms with van der Waals surface area (Å²) in [6.45, 7) is 7.28. The summed E-state index contributed by atoms with van der Waals surface area (Å²) in [5.41, 5.74) is 5.12. The maximum absolute atomic E-state index is 14.1. The largest absolute Gasteiger partial charge is 0.494 e. The van der Waals surface area contributed by atoms with Crippen molar-refractivity contribution in [3.05, 3.63) is 64.1 Å². The number of nitrogens with one attached hydrogen (secondary N) is 2. The summed E-state index contributed by atoms with van der Waals surface area (Å²) >= 11 is 3.62. The Bertz CT molecular complexity index is 1210. The van der Waals surface area contributed by atoms with Crippen LogP contribution in [0.3, 0.4) is 0 Å². The first-order valence-electron chi connectivity index (χ1n) is 14.2. The van der Waals surface area contributed by atoms with Gasteiger partial charge in [0.05, 0.1) is 6.61 Å². The molecule has 10 nitrogen and oxygen atoms in total. The van der Waals surface area contributed by atoms with Crippen molar-refractivity contribution >= 4 is 33.7 Å². The number of esters is 1. The van der Waals surface area contributed by atoms with Gasteiger partial charge in [-0.15, -0.1) is 0 Å². The lowest BCUT2D eigenvalue weighted by atomic mass is 9.83. The van der Waals surface area contributed by atoms with Gasteiger partial charge in [0, 0.05) is 41.6 Å². The zero-order chi connectivity index (χ0) is 30.8. The van der Waals surface area contributed by atoms with Crippen molar-refractivity contribution in [2.45, 2.75) is 63.7 Å². The third kappa shape index (κ3) is 9.52. The first kappa shape index (κ1) is 33.5. The fourth-order valence-electron chi connectivity index (χ4n) is 4.45. The van der Waals surface area contributed by atoms with E-state index in [-0.39, 0.29) is 25.3 Å². The number of hydrazine groups is 1. The standard InChI is InChI=1S/C31H43BrN4O6/c1-30(2,3)42-26(38)16-17-31(29(39)35-33-18-8-19-36(4)5)27(24-10-6-7-11-25(24)32)41-28(34-31)22-12-14-23(15-13-22)40-21-9-20-37/h6-7,10-15,27,33,37H,8-9,16-21H2,1-5H3,(H,35,39)/t27-,31-/m0/s1. The first-order chi connectivity index (χ1) is 19.9. The molecule has 2 aromatic rings. The fraction of sp³-hybridized carbons (Fsp3) is 0.516. The maximum Gasteiger partial charge on any atom is 0.306 e. The van der Waals surface area contributed by atoms with Crippen LogP contribution in [0.15, 0.2) is 58.0 Å². The normalized spacial score (nSPS) is 18.4. The molecule has 2 aromatic carbocycles. The van der Waals surface area contributed by atoms with Crippen LogP contribution < -0.4 is 15.6 Å². The molecule has 0 aliphatic carbocycles. The molecule has 3 rings (SSSR count). The molecule has 2 atom stereocenters. The molecule has 0 bridgehead atoms. The van der Waals surface area contributed by atoms with E-state index in [4.69, 9.17) is 24.3 Å². The third-order valence-corrected chi connectivity index (χ3v) is 7.18. The van der Waals surface area contributed by atoms with Gasteiger partial charge in [-0.2, -0.15) is 0 Å². The van der Waals surface area contributed by atoms with Crippen molar-refractivity contribution in [3.8, 4) is 5.75 Å². The molecule has 0 saturated carbocycles. The monoisotopic (exact) mass is 646 g/mol. The highest BCUT2D eigenvalue weighted by Gasteiger charge is 2.54. The Morgan fingerprint density at radius 3 is 2.48 bits per heavy atom. The number of carbonyl (C=O) groups is 2. The van der Waals surface area contributed by atoms with E-state index in [1.165, 1.54) is 0 Å². The molecule has 0 aromatic heterocycles. The van der Waals surface area contributed by atoms with Crippen LogP contribution in [0.25, 0.3) is 0 Å². The lowest BCUT2D eigenvalue weighted by Crippen LogP contribution is -2.53. The second kappa shape index (κ2) is 15.5. The van der Waals surface area contributed by atoms with Gasteiger partial charge in [0.1, 0.15) is 11.4 Å². The van der Waals surface area contributed by atoms with Gasteiger partial charge in [-0.1, -0.05) is 34.1 Å². The number of hydrogen-bond donors (Lipinski definition) is 3. The Morgan fingerprint density at radius 2 is 1.83 bits per heavy atom. The molecule has 0 unspecified atom stereocenters. The summed E-state index contributed by atoms with van der Waals surface area (Å²) in [6, 6.07) is 14.7. The van der Waals surface area contributed by atoms with Gasteiger partial charge >= 0.3 is 5.97 Å². The molecule has 230 valence electrons. The minimum atomic E-state index is -1.47. The summed E-state index contributed by atoms with van der Waals surface area (Å²) in [6.07, 6.45) is 0.553. The lowest BCUT2D eigenvalue weighted by molar-refractivity contribution is -0.155. The third-order valence-electron chi connectivity index (χ3n) is 6.46. The number of ether oxygens (including phenoxy) is 3. The Hall–Kier alpha value is -2.99. The van der Waals surface area contributed by atoms with E-state index in [1.807, 2.05) is 50.5 Å². The smallest absolute Gasteiger partial charge is 0.306 e. The number of carbonyl (C=O) groups excluding carboxylic acids is 2. The van der Waals surface area contributed by atoms with Crippen molar-refractivity contribution in [1.29, 1.82) is 0 Å². The van der Waals surface area contributed by atoms with Crippen LogP contribution in [0, 0.1) is 0 Å². The fourth-order valence-corrected chi connectivity index (χ4v) is 4.95. The molecule has 0 saturated heterocycles. The van der Waals surface area contributed by atoms with Gasteiger partial charge in [0.25, 0.3) is 5.91 Å². The van der Waals surface area contributed by atoms with Gasteiger partial charge in [-0.05, 0) is 84.6 Å². The zero-order valence-corrected chi connectivity index (χ0v) is 26.7. The van der Waals surface area contributed by atoms with Crippen molar-refractivity contribution in [2.75, 3.05) is 40.4 Å². The number of benzene rings is 2. The average Bonchev–Trinajstić information content (AvgIpc) is 3.32. The Kier molecular flexibility index (Phi) is 12.3. The van der Waals surface area contributed by atoms with Crippen LogP contribution in [-0.2, 0) is 19.1 Å². The minimum Gasteiger partial charge on any atom is -0.494 e. The molecule has 0 fully saturated rings. The van der Waals surface area contributed by atoms with E-state index in [9.17, 15) is 9.59 Å². The summed E-state index contributed by atoms with van der Waals surface area (Å²) in [5.74, 6) is 0.0942. The second-order valence-electron chi connectivity index (χ2n) is 11.4. The van der Waals surface area contributed by atoms with Crippen LogP contribution in [0.2, 0.25) is 0 Å². The Balaban J connectivity index is 1.98. The number of amides is 1. The predicted molar refractivity (Wildman–Crippen MR) is 165 cm³/mol. The lowest BCUT2D eigenvalue weighted by Gasteiger charge is -2.31. The molecular formula is C31H43BrN4O6. The highest BCUT2D eigenvalue weighted by Crippen LogP contribution is 2.45. The molecule has 0 spiro atoms. The van der Waals surface area contributed by atoms with Crippen molar-refractivity contribution in [3.63, 3.8) is 0 Å². The molecule has 11 heteroatoms. The minimum absolute atomic E-state index is 0.0377. The van der Waals surface area contributed by atoms with Crippen LogP contribution in [-0.4, -0.2) is 79.3 Å². The van der Waals surface area contributed by atoms with E-state index >= 15 is 0 Å². The van der Waals surface area contributed by atoms with Crippen molar-refractivity contribution in [1.82, 2.24) is 15.8 Å². The van der Waals surface area contributed by atoms with Gasteiger partial charge in [-0.25, -0.2) is 10.4 Å². The molecular weight excluding hydrogens is 604 g/mol. The molecule has 1 aliphatic heterocycles. The van der Waals surface area contributed by atoms with Gasteiger partial charge in [0.2, 0.25) is 5.90 Å². The van der Waals surface area contributed by atoms with Crippen molar-refractivity contribution in [2.24, 2.45) is 4.99 Å². The quantitative estimate of drug-likeness (QED) is 0.150. The van der Waals surface area contributed by atoms with Gasteiger partial charge in [-0.3, -0.25) is 15.0 Å². The predicted octanol–water partition coefficient (Wildman–Crippen LogP) is 4.16. The molecule has 42 heavy (non-hydrogen) atoms. The summed E-state index contributed by atoms with van der Waals surface area (Å²) < 4.78 is 18.5. The number of aliphatic hydroxyl groups excluding tert-OH is 1. The van der Waals surface area contributed by atoms with Crippen LogP contribution in [0.4, 0.5) is 0 Å². The molecule has 1 amide bonds. The van der Waals surface area contributed by atoms with Crippen molar-refractivity contribution < 1.29 is 28.9 Å². The van der Waals surface area contributed by atoms with Crippen LogP contribution in [0.5, 0.6) is 5.75 Å². The van der Waals surface area contributed by atoms with Gasteiger partial charge < -0.3 is 24.2 Å². The summed E-state index contributed by atoms with van der Waals surface area (Å²) in [5, 5.41) is 9.02. The highest BCUT2D eigenvalue weighted by molar-refractivity contribution is 9.10. The average molecular weight is 648 g/mol. The highest BCUT2D eigenvalue weighted by atomic mass is 79.9. The van der Waals surface area contributed by atoms with E-state index in [2.05, 4.69) is 31.7 Å². The van der Waals surface area contributed by atoms with Crippen LogP contribution >= 0.6 is 15.9 Å². The molecule has 0 radical (unpaired) electrons. The van der Waals surface area contributed by atoms with E-state index in [0.29, 0.717) is 30.9 Å². The zero-order valence-electron chi connectivity index (χ0n) is 25.1. The van der Waals surface area contributed by atoms with E-state index in [1.54, 1.807) is 32.9 Å². The summed E-state index contributed by atoms with van der Waals surface area (Å²) in [4.78, 5) is 33.9. The second-order valence-corrected chi connectivity index (χ2v) is 12.3. The molecule has 3 N–H and O–H groups in total. The summed E-state index contributed by atoms with van der Waals surface area (Å²) in [7, 11) is 3.99. The number of halogens is 1. The van der Waals surface area contributed by atoms with E-state index in [0.717, 1.165) is 23.0 Å². The topological polar surface area (TPSA) is 122 Å². The Labute approximate surface area is 256 Å². The van der Waals surface area contributed by atoms with Crippen LogP contribution in [0.1, 0.15) is 63.7 Å². The van der Waals surface area contributed by atoms with E-state index < -0.39 is 29.1 Å². The maximum atomic E-state index is 14.1. The number of hydrogen-bond acceptors (Lipinski definition) is 9. The Morgan fingerprint density at radius 1 is 1.12 bits per heavy atom. The SMILES string of the molecule is CN(C)CCCNNC(=O)[C@@]1(CCC(=O)OC(C)(C)C)N=C(c2ccc(OCCCO)cc2)O[C@H]1c1ccccc1Br. The number of aliphatic imine (C=N–C) groups is 1.